The Bertz CT molecular complexity index is 362. The van der Waals surface area contributed by atoms with Crippen molar-refractivity contribution in [1.82, 2.24) is 0 Å². The third-order valence-electron chi connectivity index (χ3n) is 3.49. The molecule has 94 valence electrons. The van der Waals surface area contributed by atoms with E-state index < -0.39 is 5.60 Å². The Balaban J connectivity index is 2.20. The van der Waals surface area contributed by atoms with Gasteiger partial charge in [-0.15, -0.1) is 0 Å². The van der Waals surface area contributed by atoms with Gasteiger partial charge in [0.15, 0.2) is 0 Å². The second-order valence-electron chi connectivity index (χ2n) is 4.95. The van der Waals surface area contributed by atoms with Gasteiger partial charge in [-0.2, -0.15) is 0 Å². The van der Waals surface area contributed by atoms with Crippen LogP contribution >= 0.6 is 0 Å². The van der Waals surface area contributed by atoms with Crippen LogP contribution in [0.4, 0.5) is 0 Å². The van der Waals surface area contributed by atoms with Gasteiger partial charge in [-0.25, -0.2) is 0 Å². The number of ether oxygens (including phenoxy) is 1. The van der Waals surface area contributed by atoms with E-state index in [9.17, 15) is 5.11 Å². The lowest BCUT2D eigenvalue weighted by Crippen LogP contribution is -2.32. The molecule has 0 saturated heterocycles. The van der Waals surface area contributed by atoms with E-state index in [1.165, 1.54) is 5.56 Å². The molecule has 0 bridgehead atoms. The van der Waals surface area contributed by atoms with Gasteiger partial charge in [-0.3, -0.25) is 0 Å². The van der Waals surface area contributed by atoms with Crippen LogP contribution in [0.5, 0.6) is 0 Å². The maximum atomic E-state index is 10.8. The Labute approximate surface area is 104 Å². The van der Waals surface area contributed by atoms with Crippen LogP contribution in [0, 0.1) is 0 Å². The Morgan fingerprint density at radius 1 is 1.29 bits per heavy atom. The summed E-state index contributed by atoms with van der Waals surface area (Å²) in [6, 6.07) is 8.24. The fourth-order valence-corrected chi connectivity index (χ4v) is 2.60. The van der Waals surface area contributed by atoms with Crippen LogP contribution in [-0.2, 0) is 16.8 Å². The first-order valence-electron chi connectivity index (χ1n) is 6.65. The number of benzene rings is 1. The molecule has 2 rings (SSSR count). The fraction of sp³-hybridized carbons (Fsp3) is 0.600. The summed E-state index contributed by atoms with van der Waals surface area (Å²) >= 11 is 0. The van der Waals surface area contributed by atoms with Crippen molar-refractivity contribution in [3.63, 3.8) is 0 Å². The van der Waals surface area contributed by atoms with Gasteiger partial charge in [-0.05, 0) is 43.2 Å². The minimum atomic E-state index is -0.776. The van der Waals surface area contributed by atoms with Gasteiger partial charge in [0.2, 0.25) is 0 Å². The number of fused-ring (bicyclic) bond motifs is 1. The summed E-state index contributed by atoms with van der Waals surface area (Å²) in [6.45, 7) is 3.24. The monoisotopic (exact) mass is 234 g/mol. The van der Waals surface area contributed by atoms with E-state index in [0.717, 1.165) is 44.3 Å². The van der Waals surface area contributed by atoms with Crippen LogP contribution in [0.25, 0.3) is 0 Å². The lowest BCUT2D eigenvalue weighted by molar-refractivity contribution is -0.0567. The van der Waals surface area contributed by atoms with Gasteiger partial charge in [0.05, 0.1) is 6.61 Å². The minimum Gasteiger partial charge on any atom is -0.383 e. The predicted octanol–water partition coefficient (Wildman–Crippen LogP) is 3.03. The lowest BCUT2D eigenvalue weighted by Gasteiger charge is -2.28. The van der Waals surface area contributed by atoms with Crippen molar-refractivity contribution in [3.8, 4) is 0 Å². The molecule has 1 atom stereocenters. The van der Waals surface area contributed by atoms with Gasteiger partial charge in [0.25, 0.3) is 0 Å². The molecule has 1 aromatic rings. The average molecular weight is 234 g/mol. The van der Waals surface area contributed by atoms with Gasteiger partial charge >= 0.3 is 0 Å². The molecule has 0 saturated carbocycles. The molecular formula is C15H22O2. The summed E-state index contributed by atoms with van der Waals surface area (Å²) in [5.74, 6) is 0. The summed E-state index contributed by atoms with van der Waals surface area (Å²) in [7, 11) is 0. The molecule has 0 aliphatic heterocycles. The van der Waals surface area contributed by atoms with Gasteiger partial charge in [0.1, 0.15) is 5.60 Å². The number of rotatable bonds is 4. The Hall–Kier alpha value is -0.860. The molecule has 1 aromatic carbocycles. The molecular weight excluding hydrogens is 212 g/mol. The van der Waals surface area contributed by atoms with Gasteiger partial charge in [-0.1, -0.05) is 31.2 Å². The summed E-state index contributed by atoms with van der Waals surface area (Å²) in [5, 5.41) is 10.8. The van der Waals surface area contributed by atoms with Crippen LogP contribution in [0.3, 0.4) is 0 Å². The normalized spacial score (nSPS) is 24.1. The highest BCUT2D eigenvalue weighted by atomic mass is 16.5. The molecule has 1 unspecified atom stereocenters. The first-order chi connectivity index (χ1) is 8.26. The Morgan fingerprint density at radius 3 is 2.94 bits per heavy atom. The number of aliphatic hydroxyl groups is 1. The van der Waals surface area contributed by atoms with Crippen molar-refractivity contribution in [2.45, 2.75) is 44.6 Å². The van der Waals surface area contributed by atoms with E-state index >= 15 is 0 Å². The maximum Gasteiger partial charge on any atom is 0.113 e. The van der Waals surface area contributed by atoms with Crippen LogP contribution in [0.15, 0.2) is 24.3 Å². The lowest BCUT2D eigenvalue weighted by atomic mass is 9.89. The van der Waals surface area contributed by atoms with Crippen molar-refractivity contribution < 1.29 is 9.84 Å². The number of aryl methyl sites for hydroxylation is 1. The van der Waals surface area contributed by atoms with Crippen LogP contribution in [0.1, 0.15) is 43.7 Å². The van der Waals surface area contributed by atoms with Crippen LogP contribution in [-0.4, -0.2) is 18.3 Å². The molecule has 0 amide bonds. The molecule has 0 fully saturated rings. The Kier molecular flexibility index (Phi) is 4.19. The third-order valence-corrected chi connectivity index (χ3v) is 3.49. The highest BCUT2D eigenvalue weighted by molar-refractivity contribution is 5.33. The first kappa shape index (κ1) is 12.6. The topological polar surface area (TPSA) is 29.5 Å². The average Bonchev–Trinajstić information content (AvgIpc) is 2.51. The van der Waals surface area contributed by atoms with Crippen LogP contribution < -0.4 is 0 Å². The van der Waals surface area contributed by atoms with E-state index in [4.69, 9.17) is 4.74 Å². The molecule has 0 heterocycles. The standard InChI is InChI=1S/C15H22O2/c1-2-11-17-12-15(16)10-6-5-8-13-7-3-4-9-14(13)15/h3-4,7,9,16H,2,5-6,8,10-12H2,1H3. The fourth-order valence-electron chi connectivity index (χ4n) is 2.60. The third kappa shape index (κ3) is 2.88. The summed E-state index contributed by atoms with van der Waals surface area (Å²) < 4.78 is 5.59. The molecule has 0 aromatic heterocycles. The zero-order valence-corrected chi connectivity index (χ0v) is 10.6. The highest BCUT2D eigenvalue weighted by Gasteiger charge is 2.32. The maximum absolute atomic E-state index is 10.8. The van der Waals surface area contributed by atoms with E-state index in [-0.39, 0.29) is 0 Å². The zero-order valence-electron chi connectivity index (χ0n) is 10.6. The molecule has 17 heavy (non-hydrogen) atoms. The second-order valence-corrected chi connectivity index (χ2v) is 4.95. The quantitative estimate of drug-likeness (QED) is 0.641. The molecule has 0 radical (unpaired) electrons. The van der Waals surface area contributed by atoms with E-state index in [2.05, 4.69) is 25.1 Å². The zero-order chi connectivity index (χ0) is 12.1. The molecule has 1 aliphatic carbocycles. The summed E-state index contributed by atoms with van der Waals surface area (Å²) in [4.78, 5) is 0. The SMILES string of the molecule is CCCOCC1(O)CCCCc2ccccc21. The smallest absolute Gasteiger partial charge is 0.113 e. The predicted molar refractivity (Wildman–Crippen MR) is 69.0 cm³/mol. The van der Waals surface area contributed by atoms with Crippen molar-refractivity contribution in [2.75, 3.05) is 13.2 Å². The van der Waals surface area contributed by atoms with E-state index in [0.29, 0.717) is 6.61 Å². The molecule has 0 spiro atoms. The molecule has 1 aliphatic rings. The number of hydrogen-bond donors (Lipinski definition) is 1. The first-order valence-corrected chi connectivity index (χ1v) is 6.65. The van der Waals surface area contributed by atoms with E-state index in [1.54, 1.807) is 0 Å². The van der Waals surface area contributed by atoms with E-state index in [1.807, 2.05) is 6.07 Å². The van der Waals surface area contributed by atoms with Crippen molar-refractivity contribution >= 4 is 0 Å². The molecule has 1 N–H and O–H groups in total. The summed E-state index contributed by atoms with van der Waals surface area (Å²) in [5.41, 5.74) is 1.59. The van der Waals surface area contributed by atoms with Gasteiger partial charge in [0, 0.05) is 6.61 Å². The minimum absolute atomic E-state index is 0.428. The van der Waals surface area contributed by atoms with Crippen LogP contribution in [0.2, 0.25) is 0 Å². The number of hydrogen-bond acceptors (Lipinski definition) is 2. The van der Waals surface area contributed by atoms with Crippen molar-refractivity contribution in [3.05, 3.63) is 35.4 Å². The largest absolute Gasteiger partial charge is 0.383 e. The van der Waals surface area contributed by atoms with Gasteiger partial charge < -0.3 is 9.84 Å². The Morgan fingerprint density at radius 2 is 2.12 bits per heavy atom. The molecule has 2 nitrogen and oxygen atoms in total. The molecule has 2 heteroatoms. The highest BCUT2D eigenvalue weighted by Crippen LogP contribution is 2.34. The summed E-state index contributed by atoms with van der Waals surface area (Å²) in [6.07, 6.45) is 5.12. The van der Waals surface area contributed by atoms with Crippen molar-refractivity contribution in [2.24, 2.45) is 0 Å². The van der Waals surface area contributed by atoms with Crippen molar-refractivity contribution in [1.29, 1.82) is 0 Å². The second kappa shape index (κ2) is 5.65.